The molecule has 0 bridgehead atoms. The van der Waals surface area contributed by atoms with Gasteiger partial charge in [0.25, 0.3) is 0 Å². The Morgan fingerprint density at radius 3 is 0.907 bits per heavy atom. The zero-order chi connectivity index (χ0) is 51.6. The Bertz CT molecular complexity index is 1730. The Labute approximate surface area is 490 Å². The number of hydrogen-bond acceptors (Lipinski definition) is 9. The minimum Gasteiger partial charge on any atom is -0.381 e. The first kappa shape index (κ1) is 71.0. The van der Waals surface area contributed by atoms with E-state index in [-0.39, 0.29) is 58.6 Å². The molecule has 1 aliphatic heterocycles. The zero-order valence-electron chi connectivity index (χ0n) is 41.7. The molecule has 75 heavy (non-hydrogen) atoms. The topological polar surface area (TPSA) is 194 Å². The molecule has 17 heteroatoms. The van der Waals surface area contributed by atoms with Gasteiger partial charge in [0.05, 0.1) is 0 Å². The Hall–Kier alpha value is -0.0775. The van der Waals surface area contributed by atoms with Crippen LogP contribution in [0.5, 0.6) is 0 Å². The summed E-state index contributed by atoms with van der Waals surface area (Å²) < 4.78 is 72.9. The molecule has 400 valence electrons. The van der Waals surface area contributed by atoms with Gasteiger partial charge in [-0.25, -0.2) is 37.3 Å². The van der Waals surface area contributed by atoms with Gasteiger partial charge in [-0.1, -0.05) is 162 Å². The quantitative estimate of drug-likeness (QED) is 0.159. The van der Waals surface area contributed by atoms with Gasteiger partial charge in [-0.05, 0) is 194 Å². The standard InChI is InChI=1S/C44H45P3.2C5H5.C4H8O.2ClHO4.2Fe.Ni/c1-34(41-30-18-32-43(41)46(37-22-10-4-11-23-37)38-24-12-5-13-25-38)45(36-20-8-3-9-21-36)35(2)42-31-19-33-44(42)47(39-26-14-6-15-27-39)40-28-16-7-17-29-40;3*1-2-4-5-3-1;2*2-1(3,4)5;;;/h4-7,10-19,22-36H,3,8-9,20-21H2,1-2H3;2*1-5H;1-4H2;2*(H,2,3,4,5);;;/q;;;;;;3*+2/p-2/t34-,35-;;;;;;;;/m1......../s1. The molecule has 1 heterocycles. The van der Waals surface area contributed by atoms with Gasteiger partial charge in [0, 0.05) is 24.5 Å². The maximum Gasteiger partial charge on any atom is 2.00 e. The van der Waals surface area contributed by atoms with Crippen LogP contribution in [0.25, 0.3) is 0 Å². The molecular formula is C58H63Cl2Fe2NiO9P3+4. The van der Waals surface area contributed by atoms with Crippen molar-refractivity contribution < 1.29 is 113 Å². The average molecular weight is 1240 g/mol. The van der Waals surface area contributed by atoms with E-state index in [1.165, 1.54) is 66.2 Å². The molecule has 20 radical (unpaired) electrons. The van der Waals surface area contributed by atoms with E-state index in [0.717, 1.165) is 18.9 Å². The van der Waals surface area contributed by atoms with E-state index in [0.29, 0.717) is 11.3 Å². The fourth-order valence-electron chi connectivity index (χ4n) is 8.95. The van der Waals surface area contributed by atoms with Crippen molar-refractivity contribution in [1.82, 2.24) is 0 Å². The van der Waals surface area contributed by atoms with Crippen LogP contribution in [0, 0.1) is 146 Å². The van der Waals surface area contributed by atoms with E-state index in [4.69, 9.17) is 42.0 Å². The Balaban J connectivity index is 0.000000563. The van der Waals surface area contributed by atoms with Crippen molar-refractivity contribution in [3.05, 3.63) is 247 Å². The summed E-state index contributed by atoms with van der Waals surface area (Å²) in [7, 11) is -11.5. The first-order valence-electron chi connectivity index (χ1n) is 23.9. The van der Waals surface area contributed by atoms with Crippen molar-refractivity contribution in [2.75, 3.05) is 13.2 Å². The van der Waals surface area contributed by atoms with Gasteiger partial charge in [-0.2, -0.15) is 0 Å². The van der Waals surface area contributed by atoms with Gasteiger partial charge in [-0.3, -0.25) is 0 Å². The van der Waals surface area contributed by atoms with Crippen LogP contribution in [-0.4, -0.2) is 30.2 Å². The third-order valence-electron chi connectivity index (χ3n) is 11.9. The van der Waals surface area contributed by atoms with Gasteiger partial charge in [0.1, 0.15) is 0 Å². The molecule has 6 fully saturated rings. The molecule has 0 aromatic heterocycles. The number of benzene rings is 4. The van der Waals surface area contributed by atoms with Crippen LogP contribution >= 0.6 is 23.8 Å². The van der Waals surface area contributed by atoms with Crippen molar-refractivity contribution in [2.24, 2.45) is 0 Å². The van der Waals surface area contributed by atoms with Gasteiger partial charge in [-0.15, -0.1) is 20.5 Å². The third kappa shape index (κ3) is 27.0. The molecule has 2 atom stereocenters. The van der Waals surface area contributed by atoms with E-state index in [2.05, 4.69) is 174 Å². The molecule has 4 aromatic carbocycles. The maximum atomic E-state index is 8.49. The molecule has 4 aromatic rings. The number of hydrogen-bond donors (Lipinski definition) is 0. The van der Waals surface area contributed by atoms with Crippen molar-refractivity contribution in [1.29, 1.82) is 0 Å². The van der Waals surface area contributed by atoms with Crippen molar-refractivity contribution >= 4 is 45.0 Å². The van der Waals surface area contributed by atoms with Crippen molar-refractivity contribution in [3.63, 3.8) is 0 Å². The van der Waals surface area contributed by atoms with E-state index in [1.54, 1.807) is 23.2 Å². The van der Waals surface area contributed by atoms with Gasteiger partial charge >= 0.3 is 50.6 Å². The molecule has 0 unspecified atom stereocenters. The smallest absolute Gasteiger partial charge is 0.381 e. The molecule has 9 nitrogen and oxygen atoms in total. The molecule has 0 spiro atoms. The summed E-state index contributed by atoms with van der Waals surface area (Å²) in [5.41, 5.74) is 4.95. The summed E-state index contributed by atoms with van der Waals surface area (Å²) in [6.45, 7) is 7.19. The average Bonchev–Trinajstić information content (AvgIpc) is 4.24. The Morgan fingerprint density at radius 1 is 0.400 bits per heavy atom. The number of halogens is 2. The molecule has 10 rings (SSSR count). The predicted octanol–water partition coefficient (Wildman–Crippen LogP) is 3.63. The van der Waals surface area contributed by atoms with Gasteiger partial charge < -0.3 is 4.74 Å². The van der Waals surface area contributed by atoms with Crippen LogP contribution in [0.1, 0.15) is 58.8 Å². The van der Waals surface area contributed by atoms with Crippen LogP contribution in [0.3, 0.4) is 0 Å². The molecule has 6 aliphatic rings. The van der Waals surface area contributed by atoms with Crippen LogP contribution in [0.2, 0.25) is 0 Å². The van der Waals surface area contributed by atoms with Crippen LogP contribution in [0.4, 0.5) is 0 Å². The van der Waals surface area contributed by atoms with Gasteiger partial charge in [0.15, 0.2) is 0 Å². The summed E-state index contributed by atoms with van der Waals surface area (Å²) in [4.78, 5) is 0. The van der Waals surface area contributed by atoms with Crippen molar-refractivity contribution in [2.45, 2.75) is 75.8 Å². The first-order valence-corrected chi connectivity index (χ1v) is 30.6. The van der Waals surface area contributed by atoms with Crippen LogP contribution < -0.4 is 58.5 Å². The summed E-state index contributed by atoms with van der Waals surface area (Å²) >= 11 is 0. The second-order valence-electron chi connectivity index (χ2n) is 16.8. The third-order valence-corrected chi connectivity index (χ3v) is 20.7. The Kier molecular flexibility index (Phi) is 37.3. The molecule has 5 saturated carbocycles. The molecule has 0 amide bonds. The molecule has 1 saturated heterocycles. The Morgan fingerprint density at radius 2 is 0.667 bits per heavy atom. The van der Waals surface area contributed by atoms with Crippen LogP contribution in [0.15, 0.2) is 121 Å². The monoisotopic (exact) mass is 1240 g/mol. The maximum absolute atomic E-state index is 8.49. The fraction of sp³-hybridized carbons (Fsp3) is 0.241. The summed E-state index contributed by atoms with van der Waals surface area (Å²) in [5, 5.41) is 5.77. The normalized spacial score (nSPS) is 19.2. The zero-order valence-corrected chi connectivity index (χ0v) is 49.1. The largest absolute Gasteiger partial charge is 2.00 e. The molecule has 5 aliphatic carbocycles. The predicted molar refractivity (Wildman–Crippen MR) is 273 cm³/mol. The molecule has 0 N–H and O–H groups in total. The van der Waals surface area contributed by atoms with E-state index < -0.39 is 36.3 Å². The van der Waals surface area contributed by atoms with E-state index in [9.17, 15) is 0 Å². The molecular weight excluding hydrogens is 1170 g/mol. The van der Waals surface area contributed by atoms with E-state index >= 15 is 0 Å². The summed E-state index contributed by atoms with van der Waals surface area (Å²) in [6, 6.07) is 45.1. The second kappa shape index (κ2) is 39.4. The second-order valence-corrected chi connectivity index (χ2v) is 25.9. The number of ether oxygens (including phenoxy) is 1. The minimum atomic E-state index is -4.94. The first-order chi connectivity index (χ1) is 34.7. The van der Waals surface area contributed by atoms with Crippen LogP contribution in [-0.2, 0) is 55.4 Å². The summed E-state index contributed by atoms with van der Waals surface area (Å²) in [6.07, 6.45) is 44.0. The SMILES string of the molecule is C1CCOC1.C[C@H]([C]1[CH][CH][CH][C]1P(c1ccccc1)c1ccccc1)P(C1CCCCC1)[C@H](C)[C]1[CH][CH][CH][C]1P(c1ccccc1)c1ccccc1.[CH]1[CH][CH][CH][CH]1.[CH]1[CH][CH][CH][CH]1.[Fe+2].[Fe+2].[Ni+2].[O-][Cl+3]([O-])([O-])[O-].[O-][Cl+3]([O-])([O-])[O-]. The summed E-state index contributed by atoms with van der Waals surface area (Å²) in [5.74, 6) is 3.18. The fourth-order valence-corrected chi connectivity index (χ4v) is 18.3. The van der Waals surface area contributed by atoms with E-state index in [1.807, 2.05) is 64.2 Å². The van der Waals surface area contributed by atoms with Gasteiger partial charge in [0.2, 0.25) is 0 Å². The minimum absolute atomic E-state index is 0. The van der Waals surface area contributed by atoms with Crippen molar-refractivity contribution in [3.8, 4) is 0 Å². The number of rotatable bonds is 11.